The molecule has 0 radical (unpaired) electrons. The highest BCUT2D eigenvalue weighted by Crippen LogP contribution is 2.38. The Hall–Kier alpha value is -3.76. The van der Waals surface area contributed by atoms with Gasteiger partial charge in [-0.3, -0.25) is 15.0 Å². The number of fused-ring (bicyclic) bond motifs is 1. The van der Waals surface area contributed by atoms with E-state index in [1.165, 1.54) is 0 Å². The van der Waals surface area contributed by atoms with Gasteiger partial charge in [0.2, 0.25) is 0 Å². The van der Waals surface area contributed by atoms with Crippen molar-refractivity contribution >= 4 is 17.6 Å². The van der Waals surface area contributed by atoms with E-state index in [1.54, 1.807) is 7.11 Å². The minimum absolute atomic E-state index is 0.299. The maximum atomic E-state index is 13.1. The van der Waals surface area contributed by atoms with E-state index in [2.05, 4.69) is 27.4 Å². The quantitative estimate of drug-likeness (QED) is 0.548. The Bertz CT molecular complexity index is 1170. The number of hydrogen-bond acceptors (Lipinski definition) is 5. The number of allylic oxidation sites excluding steroid dienone is 1. The minimum atomic E-state index is -1.20. The van der Waals surface area contributed by atoms with Crippen LogP contribution in [-0.2, 0) is 16.9 Å². The summed E-state index contributed by atoms with van der Waals surface area (Å²) in [4.78, 5) is 29.4. The molecule has 33 heavy (non-hydrogen) atoms. The highest BCUT2D eigenvalue weighted by Gasteiger charge is 2.49. The molecule has 170 valence electrons. The standard InChI is InChI=1S/C26H28N4O3/c1-5-23-22-13-12-21(33-4)15-19(22)16-30(23)17-26(24(31)27-25(32)28-26)20-10-8-18(9-11-20)7-6-14-29(2)3/h5,8-13,15H,14,16-17H2,1-4H3,(H2,27,28,31,32)/b23-5+. The summed E-state index contributed by atoms with van der Waals surface area (Å²) in [6, 6.07) is 13.0. The maximum Gasteiger partial charge on any atom is 0.322 e. The number of nitrogens with zero attached hydrogens (tertiary/aromatic N) is 2. The Kier molecular flexibility index (Phi) is 6.12. The third-order valence-electron chi connectivity index (χ3n) is 5.94. The average molecular weight is 445 g/mol. The third-order valence-corrected chi connectivity index (χ3v) is 5.94. The van der Waals surface area contributed by atoms with Crippen molar-refractivity contribution in [2.75, 3.05) is 34.3 Å². The Morgan fingerprint density at radius 3 is 2.55 bits per heavy atom. The number of urea groups is 1. The average Bonchev–Trinajstić information content (AvgIpc) is 3.28. The molecule has 1 saturated heterocycles. The number of rotatable bonds is 5. The Morgan fingerprint density at radius 1 is 1.18 bits per heavy atom. The normalized spacial score (nSPS) is 20.4. The van der Waals surface area contributed by atoms with Crippen LogP contribution in [0.25, 0.3) is 5.70 Å². The Labute approximate surface area is 194 Å². The molecule has 1 unspecified atom stereocenters. The summed E-state index contributed by atoms with van der Waals surface area (Å²) in [6.45, 7) is 3.55. The van der Waals surface area contributed by atoms with Crippen LogP contribution in [0.2, 0.25) is 0 Å². The summed E-state index contributed by atoms with van der Waals surface area (Å²) in [7, 11) is 5.58. The minimum Gasteiger partial charge on any atom is -0.497 e. The summed E-state index contributed by atoms with van der Waals surface area (Å²) < 4.78 is 5.38. The summed E-state index contributed by atoms with van der Waals surface area (Å²) in [6.07, 6.45) is 2.03. The van der Waals surface area contributed by atoms with Gasteiger partial charge in [0, 0.05) is 23.4 Å². The largest absolute Gasteiger partial charge is 0.497 e. The highest BCUT2D eigenvalue weighted by atomic mass is 16.5. The fraction of sp³-hybridized carbons (Fsp3) is 0.308. The van der Waals surface area contributed by atoms with Gasteiger partial charge in [0.15, 0.2) is 5.54 Å². The van der Waals surface area contributed by atoms with Gasteiger partial charge < -0.3 is 15.0 Å². The highest BCUT2D eigenvalue weighted by molar-refractivity contribution is 6.07. The lowest BCUT2D eigenvalue weighted by Crippen LogP contribution is -2.51. The van der Waals surface area contributed by atoms with Crippen molar-refractivity contribution in [1.29, 1.82) is 0 Å². The van der Waals surface area contributed by atoms with Gasteiger partial charge in [-0.05, 0) is 62.5 Å². The number of carbonyl (C=O) groups is 2. The molecule has 1 atom stereocenters. The van der Waals surface area contributed by atoms with Crippen molar-refractivity contribution in [1.82, 2.24) is 20.4 Å². The van der Waals surface area contributed by atoms with Crippen molar-refractivity contribution in [3.05, 3.63) is 70.8 Å². The summed E-state index contributed by atoms with van der Waals surface area (Å²) in [5, 5.41) is 5.32. The number of ether oxygens (including phenoxy) is 1. The second-order valence-electron chi connectivity index (χ2n) is 8.48. The zero-order chi connectivity index (χ0) is 23.6. The van der Waals surface area contributed by atoms with Crippen molar-refractivity contribution in [3.63, 3.8) is 0 Å². The van der Waals surface area contributed by atoms with Crippen LogP contribution in [0.15, 0.2) is 48.5 Å². The molecule has 2 aromatic rings. The number of methoxy groups -OCH3 is 1. The molecule has 7 heteroatoms. The molecule has 0 aromatic heterocycles. The van der Waals surface area contributed by atoms with Crippen molar-refractivity contribution in [3.8, 4) is 17.6 Å². The number of carbonyl (C=O) groups excluding carboxylic acids is 2. The lowest BCUT2D eigenvalue weighted by Gasteiger charge is -2.33. The van der Waals surface area contributed by atoms with Crippen LogP contribution in [0.3, 0.4) is 0 Å². The fourth-order valence-electron chi connectivity index (χ4n) is 4.34. The topological polar surface area (TPSA) is 73.9 Å². The van der Waals surface area contributed by atoms with E-state index in [4.69, 9.17) is 4.74 Å². The van der Waals surface area contributed by atoms with E-state index in [1.807, 2.05) is 74.5 Å². The lowest BCUT2D eigenvalue weighted by atomic mass is 9.88. The molecule has 7 nitrogen and oxygen atoms in total. The molecule has 2 heterocycles. The molecule has 2 aliphatic rings. The van der Waals surface area contributed by atoms with E-state index in [0.29, 0.717) is 25.2 Å². The second kappa shape index (κ2) is 9.00. The van der Waals surface area contributed by atoms with E-state index in [-0.39, 0.29) is 5.91 Å². The number of imide groups is 1. The molecule has 2 aliphatic heterocycles. The molecule has 0 bridgehead atoms. The predicted molar refractivity (Wildman–Crippen MR) is 127 cm³/mol. The molecular formula is C26H28N4O3. The first-order valence-electron chi connectivity index (χ1n) is 10.8. The van der Waals surface area contributed by atoms with Crippen LogP contribution in [0.4, 0.5) is 4.79 Å². The monoisotopic (exact) mass is 444 g/mol. The second-order valence-corrected chi connectivity index (χ2v) is 8.48. The van der Waals surface area contributed by atoms with E-state index in [0.717, 1.165) is 28.1 Å². The molecule has 1 fully saturated rings. The summed E-state index contributed by atoms with van der Waals surface area (Å²) in [5.74, 6) is 6.67. The fourth-order valence-corrected chi connectivity index (χ4v) is 4.34. The van der Waals surface area contributed by atoms with Gasteiger partial charge in [0.1, 0.15) is 5.75 Å². The van der Waals surface area contributed by atoms with Crippen molar-refractivity contribution < 1.29 is 14.3 Å². The molecular weight excluding hydrogens is 416 g/mol. The molecule has 0 saturated carbocycles. The van der Waals surface area contributed by atoms with Gasteiger partial charge in [-0.25, -0.2) is 4.79 Å². The van der Waals surface area contributed by atoms with Crippen LogP contribution < -0.4 is 15.4 Å². The number of nitrogens with one attached hydrogen (secondary N) is 2. The predicted octanol–water partition coefficient (Wildman–Crippen LogP) is 2.52. The van der Waals surface area contributed by atoms with Crippen LogP contribution in [0.1, 0.15) is 29.2 Å². The summed E-state index contributed by atoms with van der Waals surface area (Å²) in [5.41, 5.74) is 3.61. The number of hydrogen-bond donors (Lipinski definition) is 2. The molecule has 2 N–H and O–H groups in total. The molecule has 0 spiro atoms. The van der Waals surface area contributed by atoms with Crippen LogP contribution in [0, 0.1) is 11.8 Å². The number of benzene rings is 2. The van der Waals surface area contributed by atoms with Gasteiger partial charge >= 0.3 is 6.03 Å². The molecule has 3 amide bonds. The zero-order valence-electron chi connectivity index (χ0n) is 19.4. The van der Waals surface area contributed by atoms with Crippen molar-refractivity contribution in [2.24, 2.45) is 0 Å². The van der Waals surface area contributed by atoms with Gasteiger partial charge in [-0.1, -0.05) is 30.0 Å². The smallest absolute Gasteiger partial charge is 0.322 e. The number of amides is 3. The lowest BCUT2D eigenvalue weighted by molar-refractivity contribution is -0.124. The first-order chi connectivity index (χ1) is 15.9. The van der Waals surface area contributed by atoms with Crippen LogP contribution >= 0.6 is 0 Å². The molecule has 2 aromatic carbocycles. The Balaban J connectivity index is 1.65. The Morgan fingerprint density at radius 2 is 1.94 bits per heavy atom. The first kappa shape index (κ1) is 22.4. The SMILES string of the molecule is C/C=C1\c2ccc(OC)cc2CN1CC1(c2ccc(C#CCN(C)C)cc2)NC(=O)NC1=O. The van der Waals surface area contributed by atoms with Crippen molar-refractivity contribution in [2.45, 2.75) is 19.0 Å². The summed E-state index contributed by atoms with van der Waals surface area (Å²) >= 11 is 0. The molecule has 0 aliphatic carbocycles. The van der Waals surface area contributed by atoms with Gasteiger partial charge in [-0.2, -0.15) is 0 Å². The zero-order valence-corrected chi connectivity index (χ0v) is 19.4. The molecule has 4 rings (SSSR count). The van der Waals surface area contributed by atoms with E-state index >= 15 is 0 Å². The third kappa shape index (κ3) is 4.30. The van der Waals surface area contributed by atoms with Gasteiger partial charge in [0.25, 0.3) is 5.91 Å². The maximum absolute atomic E-state index is 13.1. The van der Waals surface area contributed by atoms with Crippen LogP contribution in [0.5, 0.6) is 5.75 Å². The van der Waals surface area contributed by atoms with Gasteiger partial charge in [-0.15, -0.1) is 0 Å². The van der Waals surface area contributed by atoms with Gasteiger partial charge in [0.05, 0.1) is 20.2 Å². The van der Waals surface area contributed by atoms with E-state index in [9.17, 15) is 9.59 Å². The van der Waals surface area contributed by atoms with Crippen LogP contribution in [-0.4, -0.2) is 56.0 Å². The first-order valence-corrected chi connectivity index (χ1v) is 10.8. The van der Waals surface area contributed by atoms with E-state index < -0.39 is 11.6 Å².